The van der Waals surface area contributed by atoms with Crippen molar-refractivity contribution in [2.24, 2.45) is 0 Å². The second kappa shape index (κ2) is 9.69. The van der Waals surface area contributed by atoms with Gasteiger partial charge in [-0.2, -0.15) is 0 Å². The Kier molecular flexibility index (Phi) is 6.68. The van der Waals surface area contributed by atoms with Gasteiger partial charge in [0.2, 0.25) is 0 Å². The highest BCUT2D eigenvalue weighted by Gasteiger charge is 2.32. The van der Waals surface area contributed by atoms with E-state index in [1.807, 2.05) is 25.1 Å². The van der Waals surface area contributed by atoms with Gasteiger partial charge in [-0.15, -0.1) is 13.2 Å². The molecule has 9 heteroatoms. The summed E-state index contributed by atoms with van der Waals surface area (Å²) in [5.41, 5.74) is 2.50. The van der Waals surface area contributed by atoms with Crippen molar-refractivity contribution in [3.63, 3.8) is 0 Å². The van der Waals surface area contributed by atoms with Crippen molar-refractivity contribution in [3.8, 4) is 28.4 Å². The summed E-state index contributed by atoms with van der Waals surface area (Å²) in [5.74, 6) is 2.03. The number of anilines is 1. The number of para-hydroxylation sites is 1. The molecule has 35 heavy (non-hydrogen) atoms. The van der Waals surface area contributed by atoms with Gasteiger partial charge in [-0.3, -0.25) is 0 Å². The summed E-state index contributed by atoms with van der Waals surface area (Å²) in [4.78, 5) is 9.07. The molecule has 0 aliphatic heterocycles. The first-order valence-corrected chi connectivity index (χ1v) is 10.8. The highest BCUT2D eigenvalue weighted by Crippen LogP contribution is 2.37. The van der Waals surface area contributed by atoms with Crippen molar-refractivity contribution < 1.29 is 27.4 Å². The fraction of sp³-hybridized carbons (Fsp3) is 0.231. The zero-order valence-corrected chi connectivity index (χ0v) is 19.6. The number of methoxy groups -OCH3 is 2. The lowest BCUT2D eigenvalue weighted by molar-refractivity contribution is -0.274. The molecule has 0 amide bonds. The Hall–Kier alpha value is -4.01. The Morgan fingerprint density at radius 1 is 0.857 bits per heavy atom. The maximum Gasteiger partial charge on any atom is 0.573 e. The van der Waals surface area contributed by atoms with Crippen molar-refractivity contribution >= 4 is 16.7 Å². The van der Waals surface area contributed by atoms with E-state index >= 15 is 0 Å². The Bertz CT molecular complexity index is 1360. The van der Waals surface area contributed by atoms with Crippen molar-refractivity contribution in [3.05, 3.63) is 72.1 Å². The highest BCUT2D eigenvalue weighted by atomic mass is 19.4. The molecule has 1 N–H and O–H groups in total. The number of nitrogens with zero attached hydrogens (tertiary/aromatic N) is 2. The number of rotatable bonds is 7. The molecule has 182 valence electrons. The molecule has 1 atom stereocenters. The number of benzene rings is 3. The van der Waals surface area contributed by atoms with Crippen LogP contribution in [0.3, 0.4) is 0 Å². The van der Waals surface area contributed by atoms with Crippen molar-refractivity contribution in [2.75, 3.05) is 19.5 Å². The van der Waals surface area contributed by atoms with E-state index in [9.17, 15) is 13.2 Å². The van der Waals surface area contributed by atoms with Gasteiger partial charge >= 0.3 is 6.36 Å². The summed E-state index contributed by atoms with van der Waals surface area (Å²) in [7, 11) is 3.12. The average molecular weight is 483 g/mol. The third-order valence-electron chi connectivity index (χ3n) is 5.48. The molecular weight excluding hydrogens is 459 g/mol. The van der Waals surface area contributed by atoms with Crippen LogP contribution in [0.25, 0.3) is 22.0 Å². The topological polar surface area (TPSA) is 65.5 Å². The van der Waals surface area contributed by atoms with Gasteiger partial charge in [-0.05, 0) is 43.2 Å². The standard InChI is InChI=1S/C26H24F3N3O3/c1-15(30-25-20-13-23(33-3)24(34-4)14-21(20)31-16(2)32-25)17-8-7-9-18(12-17)19-10-5-6-11-22(19)35-26(27,28)29/h5-15H,1-4H3,(H,30,31,32)/t15-/m1/s1. The number of hydrogen-bond donors (Lipinski definition) is 1. The molecule has 0 saturated heterocycles. The number of nitrogens with one attached hydrogen (secondary N) is 1. The molecule has 1 heterocycles. The Morgan fingerprint density at radius 3 is 2.29 bits per heavy atom. The highest BCUT2D eigenvalue weighted by molar-refractivity contribution is 5.92. The number of fused-ring (bicyclic) bond motifs is 1. The van der Waals surface area contributed by atoms with Gasteiger partial charge in [0.15, 0.2) is 11.5 Å². The molecule has 0 aliphatic carbocycles. The summed E-state index contributed by atoms with van der Waals surface area (Å²) in [6.45, 7) is 3.74. The van der Waals surface area contributed by atoms with E-state index in [0.717, 1.165) is 10.9 Å². The Labute approximate surface area is 200 Å². The number of halogens is 3. The molecular formula is C26H24F3N3O3. The van der Waals surface area contributed by atoms with E-state index < -0.39 is 6.36 Å². The van der Waals surface area contributed by atoms with Crippen LogP contribution in [0.2, 0.25) is 0 Å². The average Bonchev–Trinajstić information content (AvgIpc) is 2.82. The van der Waals surface area contributed by atoms with Gasteiger partial charge in [0.1, 0.15) is 17.4 Å². The zero-order valence-electron chi connectivity index (χ0n) is 19.6. The van der Waals surface area contributed by atoms with Crippen LogP contribution in [-0.4, -0.2) is 30.5 Å². The van der Waals surface area contributed by atoms with Gasteiger partial charge in [0.05, 0.1) is 19.7 Å². The predicted molar refractivity (Wildman–Crippen MR) is 128 cm³/mol. The number of ether oxygens (including phenoxy) is 3. The van der Waals surface area contributed by atoms with Gasteiger partial charge in [-0.1, -0.05) is 36.4 Å². The normalized spacial score (nSPS) is 12.3. The van der Waals surface area contributed by atoms with E-state index in [0.29, 0.717) is 39.8 Å². The van der Waals surface area contributed by atoms with Gasteiger partial charge < -0.3 is 19.5 Å². The van der Waals surface area contributed by atoms with Gasteiger partial charge in [0.25, 0.3) is 0 Å². The minimum Gasteiger partial charge on any atom is -0.493 e. The van der Waals surface area contributed by atoms with Crippen molar-refractivity contribution in [1.82, 2.24) is 9.97 Å². The molecule has 4 aromatic rings. The second-order valence-corrected chi connectivity index (χ2v) is 7.88. The lowest BCUT2D eigenvalue weighted by atomic mass is 9.99. The quantitative estimate of drug-likeness (QED) is 0.316. The molecule has 0 spiro atoms. The molecule has 1 aromatic heterocycles. The first-order valence-electron chi connectivity index (χ1n) is 10.8. The van der Waals surface area contributed by atoms with Crippen molar-refractivity contribution in [2.45, 2.75) is 26.3 Å². The Balaban J connectivity index is 1.69. The molecule has 0 fully saturated rings. The summed E-state index contributed by atoms with van der Waals surface area (Å²) in [5, 5.41) is 4.15. The lowest BCUT2D eigenvalue weighted by Crippen LogP contribution is -2.17. The fourth-order valence-corrected chi connectivity index (χ4v) is 3.86. The smallest absolute Gasteiger partial charge is 0.493 e. The maximum absolute atomic E-state index is 12.9. The summed E-state index contributed by atoms with van der Waals surface area (Å²) >= 11 is 0. The van der Waals surface area contributed by atoms with Crippen LogP contribution >= 0.6 is 0 Å². The van der Waals surface area contributed by atoms with Crippen molar-refractivity contribution in [1.29, 1.82) is 0 Å². The van der Waals surface area contributed by atoms with Gasteiger partial charge in [-0.25, -0.2) is 9.97 Å². The zero-order chi connectivity index (χ0) is 25.2. The molecule has 0 bridgehead atoms. The first-order chi connectivity index (χ1) is 16.7. The van der Waals surface area contributed by atoms with E-state index in [-0.39, 0.29) is 11.8 Å². The summed E-state index contributed by atoms with van der Waals surface area (Å²) in [6, 6.07) is 16.7. The third kappa shape index (κ3) is 5.40. The molecule has 0 unspecified atom stereocenters. The molecule has 3 aromatic carbocycles. The van der Waals surface area contributed by atoms with Crippen LogP contribution < -0.4 is 19.5 Å². The predicted octanol–water partition coefficient (Wildman–Crippen LogP) is 6.69. The Morgan fingerprint density at radius 2 is 1.57 bits per heavy atom. The summed E-state index contributed by atoms with van der Waals surface area (Å²) in [6.07, 6.45) is -4.78. The van der Waals surface area contributed by atoms with E-state index in [1.54, 1.807) is 51.5 Å². The number of aryl methyl sites for hydroxylation is 1. The second-order valence-electron chi connectivity index (χ2n) is 7.88. The summed E-state index contributed by atoms with van der Waals surface area (Å²) < 4.78 is 53.7. The van der Waals surface area contributed by atoms with Crippen LogP contribution in [0.1, 0.15) is 24.4 Å². The first kappa shape index (κ1) is 24.1. The molecule has 4 rings (SSSR count). The fourth-order valence-electron chi connectivity index (χ4n) is 3.86. The van der Waals surface area contributed by atoms with E-state index in [4.69, 9.17) is 9.47 Å². The third-order valence-corrected chi connectivity index (χ3v) is 5.48. The van der Waals surface area contributed by atoms with E-state index in [1.165, 1.54) is 12.1 Å². The molecule has 0 aliphatic rings. The van der Waals surface area contributed by atoms with Crippen LogP contribution in [0, 0.1) is 6.92 Å². The minimum absolute atomic E-state index is 0.226. The maximum atomic E-state index is 12.9. The van der Waals surface area contributed by atoms with E-state index in [2.05, 4.69) is 20.0 Å². The van der Waals surface area contributed by atoms with Crippen LogP contribution in [-0.2, 0) is 0 Å². The van der Waals surface area contributed by atoms with Crippen LogP contribution in [0.5, 0.6) is 17.2 Å². The monoisotopic (exact) mass is 483 g/mol. The molecule has 0 radical (unpaired) electrons. The number of alkyl halides is 3. The molecule has 0 saturated carbocycles. The van der Waals surface area contributed by atoms with Gasteiger partial charge in [0, 0.05) is 23.1 Å². The van der Waals surface area contributed by atoms with Crippen LogP contribution in [0.4, 0.5) is 19.0 Å². The number of aromatic nitrogens is 2. The molecule has 6 nitrogen and oxygen atoms in total. The van der Waals surface area contributed by atoms with Crippen LogP contribution in [0.15, 0.2) is 60.7 Å². The number of hydrogen-bond acceptors (Lipinski definition) is 6. The largest absolute Gasteiger partial charge is 0.573 e. The SMILES string of the molecule is COc1cc2nc(C)nc(N[C@H](C)c3cccc(-c4ccccc4OC(F)(F)F)c3)c2cc1OC. The lowest BCUT2D eigenvalue weighted by Gasteiger charge is -2.19. The minimum atomic E-state index is -4.78.